The Labute approximate surface area is 175 Å². The summed E-state index contributed by atoms with van der Waals surface area (Å²) in [5.41, 5.74) is 3.18. The Morgan fingerprint density at radius 1 is 0.800 bits per heavy atom. The van der Waals surface area contributed by atoms with Crippen molar-refractivity contribution >= 4 is 29.2 Å². The molecule has 30 heavy (non-hydrogen) atoms. The first-order chi connectivity index (χ1) is 14.7. The van der Waals surface area contributed by atoms with Gasteiger partial charge in [-0.05, 0) is 54.5 Å². The minimum Gasteiger partial charge on any atom is -0.494 e. The molecule has 0 aromatic heterocycles. The summed E-state index contributed by atoms with van der Waals surface area (Å²) in [6.45, 7) is 2.46. The predicted octanol–water partition coefficient (Wildman–Crippen LogP) is 5.37. The monoisotopic (exact) mass is 395 g/mol. The second kappa shape index (κ2) is 8.62. The molecule has 0 fully saturated rings. The summed E-state index contributed by atoms with van der Waals surface area (Å²) >= 11 is 0. The van der Waals surface area contributed by atoms with E-state index in [1.807, 2.05) is 61.5 Å². The van der Waals surface area contributed by atoms with Gasteiger partial charge in [0, 0.05) is 11.1 Å². The minimum absolute atomic E-state index is 0.330. The van der Waals surface area contributed by atoms with Gasteiger partial charge in [0.2, 0.25) is 0 Å². The number of imide groups is 1. The first-order valence-electron chi connectivity index (χ1n) is 9.83. The van der Waals surface area contributed by atoms with Crippen molar-refractivity contribution in [3.05, 3.63) is 108 Å². The van der Waals surface area contributed by atoms with Crippen molar-refractivity contribution in [2.75, 3.05) is 11.5 Å². The van der Waals surface area contributed by atoms with E-state index in [4.69, 9.17) is 4.74 Å². The smallest absolute Gasteiger partial charge is 0.265 e. The molecule has 0 spiro atoms. The van der Waals surface area contributed by atoms with Crippen molar-refractivity contribution < 1.29 is 14.3 Å². The summed E-state index contributed by atoms with van der Waals surface area (Å²) in [7, 11) is 0. The maximum absolute atomic E-state index is 13.3. The van der Waals surface area contributed by atoms with Gasteiger partial charge in [-0.1, -0.05) is 60.7 Å². The second-order valence-corrected chi connectivity index (χ2v) is 6.77. The molecule has 3 aromatic carbocycles. The molecule has 4 nitrogen and oxygen atoms in total. The van der Waals surface area contributed by atoms with E-state index in [2.05, 4.69) is 0 Å². The van der Waals surface area contributed by atoms with Crippen molar-refractivity contribution in [2.45, 2.75) is 6.92 Å². The van der Waals surface area contributed by atoms with Gasteiger partial charge in [-0.3, -0.25) is 9.59 Å². The third-order valence-electron chi connectivity index (χ3n) is 4.84. The number of benzene rings is 3. The lowest BCUT2D eigenvalue weighted by atomic mass is 9.92. The SMILES string of the molecule is CCOc1ccc(N2C(=O)/C(=C\C=C\c3ccccc3)c3ccccc3C2=O)cc1. The fourth-order valence-corrected chi connectivity index (χ4v) is 3.43. The van der Waals surface area contributed by atoms with Gasteiger partial charge in [0.25, 0.3) is 11.8 Å². The number of amides is 2. The Balaban J connectivity index is 1.73. The number of hydrogen-bond acceptors (Lipinski definition) is 3. The highest BCUT2D eigenvalue weighted by atomic mass is 16.5. The molecule has 0 atom stereocenters. The Bertz CT molecular complexity index is 1130. The quantitative estimate of drug-likeness (QED) is 0.431. The molecule has 4 rings (SSSR count). The van der Waals surface area contributed by atoms with E-state index >= 15 is 0 Å². The molecule has 3 aromatic rings. The lowest BCUT2D eigenvalue weighted by Gasteiger charge is -2.28. The van der Waals surface area contributed by atoms with Crippen molar-refractivity contribution in [1.82, 2.24) is 0 Å². The van der Waals surface area contributed by atoms with Gasteiger partial charge in [-0.25, -0.2) is 4.90 Å². The summed E-state index contributed by atoms with van der Waals surface area (Å²) in [6.07, 6.45) is 5.54. The fraction of sp³-hybridized carbons (Fsp3) is 0.0769. The molecule has 0 N–H and O–H groups in total. The molecular weight excluding hydrogens is 374 g/mol. The van der Waals surface area contributed by atoms with Crippen LogP contribution in [0.4, 0.5) is 5.69 Å². The highest BCUT2D eigenvalue weighted by molar-refractivity contribution is 6.41. The molecule has 2 amide bonds. The third kappa shape index (κ3) is 3.80. The molecule has 4 heteroatoms. The zero-order chi connectivity index (χ0) is 20.9. The number of carbonyl (C=O) groups excluding carboxylic acids is 2. The highest BCUT2D eigenvalue weighted by Gasteiger charge is 2.35. The standard InChI is InChI=1S/C26H21NO3/c1-2-30-21-17-15-20(16-18-21)27-25(28)23-13-7-6-12-22(23)24(26(27)29)14-8-11-19-9-4-3-5-10-19/h3-18H,2H2,1H3/b11-8+,24-14-. The van der Waals surface area contributed by atoms with Crippen LogP contribution in [-0.2, 0) is 4.79 Å². The minimum atomic E-state index is -0.347. The largest absolute Gasteiger partial charge is 0.494 e. The first-order valence-corrected chi connectivity index (χ1v) is 9.83. The van der Waals surface area contributed by atoms with Crippen molar-refractivity contribution in [1.29, 1.82) is 0 Å². The van der Waals surface area contributed by atoms with Crippen LogP contribution in [0, 0.1) is 0 Å². The lowest BCUT2D eigenvalue weighted by Crippen LogP contribution is -2.41. The van der Waals surface area contributed by atoms with E-state index in [-0.39, 0.29) is 11.8 Å². The van der Waals surface area contributed by atoms with Crippen LogP contribution in [0.5, 0.6) is 5.75 Å². The molecule has 0 radical (unpaired) electrons. The number of allylic oxidation sites excluding steroid dienone is 2. The van der Waals surface area contributed by atoms with Crippen LogP contribution in [0.25, 0.3) is 11.6 Å². The Hall–Kier alpha value is -3.92. The molecule has 0 saturated carbocycles. The maximum Gasteiger partial charge on any atom is 0.265 e. The number of nitrogens with zero attached hydrogens (tertiary/aromatic N) is 1. The molecule has 0 aliphatic carbocycles. The molecule has 1 heterocycles. The van der Waals surface area contributed by atoms with Gasteiger partial charge in [0.1, 0.15) is 5.75 Å². The Kier molecular flexibility index (Phi) is 5.57. The third-order valence-corrected chi connectivity index (χ3v) is 4.84. The van der Waals surface area contributed by atoms with Gasteiger partial charge < -0.3 is 4.74 Å². The van der Waals surface area contributed by atoms with Gasteiger partial charge in [0.05, 0.1) is 12.3 Å². The Morgan fingerprint density at radius 2 is 1.47 bits per heavy atom. The van der Waals surface area contributed by atoms with Crippen molar-refractivity contribution in [2.24, 2.45) is 0 Å². The summed E-state index contributed by atoms with van der Waals surface area (Å²) in [5.74, 6) is 0.0182. The molecular formula is C26H21NO3. The average molecular weight is 395 g/mol. The topological polar surface area (TPSA) is 46.6 Å². The van der Waals surface area contributed by atoms with Gasteiger partial charge in [-0.15, -0.1) is 0 Å². The summed E-state index contributed by atoms with van der Waals surface area (Å²) in [6, 6.07) is 24.0. The molecule has 0 bridgehead atoms. The molecule has 1 aliphatic heterocycles. The van der Waals surface area contributed by atoms with Crippen LogP contribution in [0.1, 0.15) is 28.4 Å². The van der Waals surface area contributed by atoms with E-state index < -0.39 is 0 Å². The normalized spacial score (nSPS) is 15.0. The van der Waals surface area contributed by atoms with Crippen LogP contribution < -0.4 is 9.64 Å². The number of hydrogen-bond donors (Lipinski definition) is 0. The van der Waals surface area contributed by atoms with Gasteiger partial charge in [-0.2, -0.15) is 0 Å². The second-order valence-electron chi connectivity index (χ2n) is 6.77. The van der Waals surface area contributed by atoms with E-state index in [1.165, 1.54) is 4.90 Å². The van der Waals surface area contributed by atoms with Crippen LogP contribution in [-0.4, -0.2) is 18.4 Å². The molecule has 0 saturated heterocycles. The summed E-state index contributed by atoms with van der Waals surface area (Å²) in [4.78, 5) is 27.7. The number of ether oxygens (including phenoxy) is 1. The number of fused-ring (bicyclic) bond motifs is 1. The number of anilines is 1. The summed E-state index contributed by atoms with van der Waals surface area (Å²) < 4.78 is 5.47. The number of rotatable bonds is 5. The first kappa shape index (κ1) is 19.4. The molecule has 0 unspecified atom stereocenters. The van der Waals surface area contributed by atoms with E-state index in [0.717, 1.165) is 5.56 Å². The zero-order valence-electron chi connectivity index (χ0n) is 16.6. The zero-order valence-corrected chi connectivity index (χ0v) is 16.6. The van der Waals surface area contributed by atoms with Gasteiger partial charge in [0.15, 0.2) is 0 Å². The average Bonchev–Trinajstić information content (AvgIpc) is 2.78. The molecule has 148 valence electrons. The molecule has 1 aliphatic rings. The van der Waals surface area contributed by atoms with Crippen LogP contribution in [0.3, 0.4) is 0 Å². The van der Waals surface area contributed by atoms with Crippen molar-refractivity contribution in [3.8, 4) is 5.75 Å². The summed E-state index contributed by atoms with van der Waals surface area (Å²) in [5, 5.41) is 0. The van der Waals surface area contributed by atoms with E-state index in [9.17, 15) is 9.59 Å². The number of carbonyl (C=O) groups is 2. The van der Waals surface area contributed by atoms with E-state index in [1.54, 1.807) is 42.5 Å². The lowest BCUT2D eigenvalue weighted by molar-refractivity contribution is -0.112. The van der Waals surface area contributed by atoms with Gasteiger partial charge >= 0.3 is 0 Å². The van der Waals surface area contributed by atoms with Crippen LogP contribution in [0.2, 0.25) is 0 Å². The van der Waals surface area contributed by atoms with Crippen LogP contribution in [0.15, 0.2) is 91.0 Å². The van der Waals surface area contributed by atoms with E-state index in [0.29, 0.717) is 34.7 Å². The van der Waals surface area contributed by atoms with Crippen molar-refractivity contribution in [3.63, 3.8) is 0 Å². The maximum atomic E-state index is 13.3. The fourth-order valence-electron chi connectivity index (χ4n) is 3.43. The predicted molar refractivity (Wildman–Crippen MR) is 119 cm³/mol. The van der Waals surface area contributed by atoms with Crippen LogP contribution >= 0.6 is 0 Å². The Morgan fingerprint density at radius 3 is 2.17 bits per heavy atom. The highest BCUT2D eigenvalue weighted by Crippen LogP contribution is 2.33.